The van der Waals surface area contributed by atoms with Crippen LogP contribution < -0.4 is 27.0 Å². The summed E-state index contributed by atoms with van der Waals surface area (Å²) in [7, 11) is 0. The zero-order chi connectivity index (χ0) is 74.2. The number of aliphatic carboxylic acids is 1. The Morgan fingerprint density at radius 1 is 0.564 bits per heavy atom. The van der Waals surface area contributed by atoms with E-state index in [1.54, 1.807) is 0 Å². The van der Waals surface area contributed by atoms with E-state index in [1.165, 1.54) is 13.0 Å². The summed E-state index contributed by atoms with van der Waals surface area (Å²) in [6.45, 7) is 0.653. The van der Waals surface area contributed by atoms with Crippen LogP contribution in [0.2, 0.25) is 0 Å². The number of carboxylic acid groups (broad SMARTS) is 1. The molecule has 0 spiro atoms. The lowest BCUT2D eigenvalue weighted by Crippen LogP contribution is -2.57. The summed E-state index contributed by atoms with van der Waals surface area (Å²) in [5.41, 5.74) is 4.37. The number of unbranched alkanes of at least 4 members (excludes halogenated alkanes) is 2. The zero-order valence-corrected chi connectivity index (χ0v) is 56.8. The van der Waals surface area contributed by atoms with Crippen LogP contribution in [0.25, 0.3) is 0 Å². The molecule has 0 aromatic rings. The first-order valence-corrected chi connectivity index (χ1v) is 32.8. The van der Waals surface area contributed by atoms with E-state index >= 15 is 0 Å². The summed E-state index contributed by atoms with van der Waals surface area (Å²) in [5.74, 6) is -7.86. The second-order valence-electron chi connectivity index (χ2n) is 22.2. The van der Waals surface area contributed by atoms with Gasteiger partial charge >= 0.3 is 5.97 Å². The topological polar surface area (TPSA) is 562 Å². The normalized spacial score (nSPS) is 24.0. The third-order valence-corrected chi connectivity index (χ3v) is 14.2. The first kappa shape index (κ1) is 89.2. The van der Waals surface area contributed by atoms with Crippen LogP contribution in [0.15, 0.2) is 21.8 Å². The summed E-state index contributed by atoms with van der Waals surface area (Å²) >= 11 is 0. The summed E-state index contributed by atoms with van der Waals surface area (Å²) < 4.78 is 87.3. The summed E-state index contributed by atoms with van der Waals surface area (Å²) in [5, 5.41) is 89.6. The van der Waals surface area contributed by atoms with Crippen molar-refractivity contribution in [3.05, 3.63) is 11.8 Å². The molecule has 578 valence electrons. The Balaban J connectivity index is 1.35. The first-order valence-electron chi connectivity index (χ1n) is 32.8. The van der Waals surface area contributed by atoms with Crippen LogP contribution >= 0.6 is 0 Å². The molecule has 101 heavy (non-hydrogen) atoms. The minimum Gasteiger partial charge on any atom is -0.480 e. The number of nitrogens with one attached hydrogen (secondary N) is 4. The number of aliphatic hydroxyl groups is 7. The number of primary amides is 1. The predicted molar refractivity (Wildman–Crippen MR) is 341 cm³/mol. The first-order chi connectivity index (χ1) is 48.6. The van der Waals surface area contributed by atoms with E-state index in [0.29, 0.717) is 6.42 Å². The van der Waals surface area contributed by atoms with E-state index in [1.807, 2.05) is 0 Å². The molecule has 7 amide bonds. The van der Waals surface area contributed by atoms with Gasteiger partial charge in [-0.3, -0.25) is 38.4 Å². The van der Waals surface area contributed by atoms with Gasteiger partial charge in [0.25, 0.3) is 11.8 Å². The van der Waals surface area contributed by atoms with E-state index in [0.717, 1.165) is 13.1 Å². The molecule has 0 bridgehead atoms. The standard InChI is InChI=1S/C61H101N7O33/c1-38(72)65-30-40-53(78)55(80)45(32-70)100-60(40)96-27-24-90-15-12-87-18-21-93-36-49(76)64-10-6-4-8-42(59(84)85)68-58(83)41(67-50(77)37-94-22-19-88-13-16-91-25-28-97-61-52(66-39(2)73)57(82)56(81)46(33-71)101-61)7-3-5-9-63-48(75)35-92-20-17-86-11-14-89-23-26-95-51-29-43(98-34-47(62)74)54(79)44(31-69)99-51/h7,30,40,42-46,51,53-56,60-61,69-71,78-81H,3-6,8-29,31-37H2,1-2H3,(H2,62,74)(H,63,75)(H,64,76)(H,67,77)(H,68,83)(H,84,85)/b41-7+,65-30?,66-52?/t40?,42-,43+,44+,45+,46+,51+,53?,54+,55-,56-,60+,61+/m0/s1. The molecular formula is C61H101N7O33. The van der Waals surface area contributed by atoms with Gasteiger partial charge in [0.2, 0.25) is 41.6 Å². The number of hydrogen-bond acceptors (Lipinski definition) is 32. The number of allylic oxidation sites excluding steroid dienone is 1. The van der Waals surface area contributed by atoms with E-state index in [9.17, 15) is 84.0 Å². The molecule has 14 N–H and O–H groups in total. The van der Waals surface area contributed by atoms with Crippen LogP contribution in [0.3, 0.4) is 0 Å². The molecular weight excluding hydrogens is 1360 g/mol. The molecule has 3 heterocycles. The highest BCUT2D eigenvalue weighted by atomic mass is 16.7. The van der Waals surface area contributed by atoms with Gasteiger partial charge in [-0.2, -0.15) is 0 Å². The fraction of sp³-hybridized carbons (Fsp3) is 0.787. The van der Waals surface area contributed by atoms with E-state index in [-0.39, 0.29) is 183 Å². The second-order valence-corrected chi connectivity index (χ2v) is 22.2. The molecule has 13 atom stereocenters. The van der Waals surface area contributed by atoms with E-state index in [4.69, 9.17) is 81.5 Å². The molecule has 0 radical (unpaired) electrons. The number of carboxylic acids is 1. The maximum atomic E-state index is 13.6. The van der Waals surface area contributed by atoms with Gasteiger partial charge in [-0.1, -0.05) is 6.08 Å². The number of ketones is 1. The van der Waals surface area contributed by atoms with E-state index < -0.39 is 172 Å². The molecule has 3 saturated heterocycles. The average Bonchev–Trinajstić information content (AvgIpc) is 0.817. The molecule has 2 unspecified atom stereocenters. The third-order valence-electron chi connectivity index (χ3n) is 14.2. The van der Waals surface area contributed by atoms with Crippen LogP contribution in [0, 0.1) is 5.92 Å². The van der Waals surface area contributed by atoms with Crippen LogP contribution in [0.1, 0.15) is 52.4 Å². The molecule has 0 saturated carbocycles. The number of nitrogens with two attached hydrogens (primary N) is 1. The number of Topliss-reactive ketones (excluding diaryl/α,β-unsaturated/α-hetero) is 1. The molecule has 3 aliphatic rings. The van der Waals surface area contributed by atoms with Gasteiger partial charge in [-0.25, -0.2) is 14.8 Å². The second kappa shape index (κ2) is 53.7. The van der Waals surface area contributed by atoms with E-state index in [2.05, 4.69) is 31.3 Å². The van der Waals surface area contributed by atoms with Crippen molar-refractivity contribution in [2.45, 2.75) is 126 Å². The van der Waals surface area contributed by atoms with Crippen molar-refractivity contribution in [2.75, 3.05) is 178 Å². The van der Waals surface area contributed by atoms with Gasteiger partial charge in [0, 0.05) is 39.6 Å². The molecule has 0 aromatic carbocycles. The van der Waals surface area contributed by atoms with Gasteiger partial charge in [0.1, 0.15) is 80.5 Å². The van der Waals surface area contributed by atoms with Crippen molar-refractivity contribution in [3.8, 4) is 0 Å². The molecule has 0 aliphatic carbocycles. The lowest BCUT2D eigenvalue weighted by atomic mass is 9.92. The molecule has 3 rings (SSSR count). The van der Waals surface area contributed by atoms with Gasteiger partial charge in [-0.05, 0) is 32.1 Å². The van der Waals surface area contributed by atoms with Crippen molar-refractivity contribution in [1.29, 1.82) is 0 Å². The minimum atomic E-state index is -1.73. The maximum Gasteiger partial charge on any atom is 0.326 e. The molecule has 0 aromatic heterocycles. The van der Waals surface area contributed by atoms with Crippen molar-refractivity contribution >= 4 is 65.0 Å². The highest BCUT2D eigenvalue weighted by molar-refractivity contribution is 6.44. The van der Waals surface area contributed by atoms with Crippen LogP contribution in [0.4, 0.5) is 0 Å². The molecule has 40 heteroatoms. The minimum absolute atomic E-state index is 0.0102. The fourth-order valence-electron chi connectivity index (χ4n) is 9.14. The Bertz CT molecular complexity index is 2540. The summed E-state index contributed by atoms with van der Waals surface area (Å²) in [6.07, 6.45) is -9.91. The molecule has 40 nitrogen and oxygen atoms in total. The Labute approximate surface area is 582 Å². The monoisotopic (exact) mass is 1460 g/mol. The van der Waals surface area contributed by atoms with Crippen LogP contribution in [0.5, 0.6) is 0 Å². The SMILES string of the molecule is CC(=O)N=CC1C(O)[C@@H](O)[C@@H](CO)O[C@H]1OCCOCCOCCOCC(=O)NCCCC[C@H](NC(=O)/C(=C\CCCNC(=O)COCCOCCOCCO[C@H]1C[C@@H](OCC(N)=O)[C@@H](O)[C@@H](CO)O1)NC(=O)COCCOCCOCCO[C@@H]1O[C@H](CO)[C@H](O)C(=O)C1=NC(C)=O)C(=O)O. The molecule has 3 aliphatic heterocycles. The summed E-state index contributed by atoms with van der Waals surface area (Å²) in [4.78, 5) is 117. The van der Waals surface area contributed by atoms with Crippen molar-refractivity contribution < 1.29 is 160 Å². The fourth-order valence-corrected chi connectivity index (χ4v) is 9.14. The number of rotatable bonds is 56. The van der Waals surface area contributed by atoms with Crippen molar-refractivity contribution in [1.82, 2.24) is 21.3 Å². The van der Waals surface area contributed by atoms with Crippen LogP contribution in [-0.2, 0) is 119 Å². The van der Waals surface area contributed by atoms with Gasteiger partial charge in [0.15, 0.2) is 12.6 Å². The Morgan fingerprint density at radius 2 is 1.06 bits per heavy atom. The van der Waals surface area contributed by atoms with Gasteiger partial charge in [-0.15, -0.1) is 0 Å². The smallest absolute Gasteiger partial charge is 0.326 e. The van der Waals surface area contributed by atoms with Crippen LogP contribution in [-0.4, -0.2) is 358 Å². The number of amides is 7. The maximum absolute atomic E-state index is 13.6. The van der Waals surface area contributed by atoms with Gasteiger partial charge < -0.3 is 144 Å². The quantitative estimate of drug-likeness (QED) is 0.0153. The Morgan fingerprint density at radius 3 is 1.57 bits per heavy atom. The van der Waals surface area contributed by atoms with Crippen molar-refractivity contribution in [2.24, 2.45) is 21.6 Å². The number of aliphatic hydroxyl groups excluding tert-OH is 7. The Kier molecular flexibility index (Phi) is 47.5. The summed E-state index contributed by atoms with van der Waals surface area (Å²) in [6, 6.07) is -1.41. The number of carbonyl (C=O) groups is 9. The number of hydrogen-bond donors (Lipinski definition) is 13. The molecule has 3 fully saturated rings. The number of carbonyl (C=O) groups excluding carboxylic acids is 8. The number of ether oxygens (including phenoxy) is 16. The predicted octanol–water partition coefficient (Wildman–Crippen LogP) is -7.42. The van der Waals surface area contributed by atoms with Gasteiger partial charge in [0.05, 0.1) is 157 Å². The highest BCUT2D eigenvalue weighted by Crippen LogP contribution is 2.27. The Hall–Kier alpha value is -6.01. The lowest BCUT2D eigenvalue weighted by Gasteiger charge is -2.40. The lowest BCUT2D eigenvalue weighted by molar-refractivity contribution is -0.273. The van der Waals surface area contributed by atoms with Crippen molar-refractivity contribution in [3.63, 3.8) is 0 Å². The largest absolute Gasteiger partial charge is 0.480 e. The highest BCUT2D eigenvalue weighted by Gasteiger charge is 2.45. The third kappa shape index (κ3) is 38.4. The number of aliphatic imine (C=N–C) groups is 2. The zero-order valence-electron chi connectivity index (χ0n) is 56.8. The average molecular weight is 1460 g/mol. The number of nitrogens with zero attached hydrogens (tertiary/aromatic N) is 2.